The lowest BCUT2D eigenvalue weighted by atomic mass is 9.94. The van der Waals surface area contributed by atoms with Gasteiger partial charge in [-0.1, -0.05) is 51.3 Å². The highest BCUT2D eigenvalue weighted by molar-refractivity contribution is 5.68. The van der Waals surface area contributed by atoms with E-state index in [2.05, 4.69) is 13.8 Å². The molecule has 0 amide bonds. The molecule has 1 aromatic carbocycles. The Morgan fingerprint density at radius 1 is 1.33 bits per heavy atom. The highest BCUT2D eigenvalue weighted by Gasteiger charge is 2.11. The van der Waals surface area contributed by atoms with Crippen LogP contribution in [-0.2, 0) is 4.79 Å². The van der Waals surface area contributed by atoms with Gasteiger partial charge in [-0.25, -0.2) is 4.79 Å². The molecule has 3 heteroatoms. The van der Waals surface area contributed by atoms with Gasteiger partial charge in [0.1, 0.15) is 5.75 Å². The first-order chi connectivity index (χ1) is 8.65. The summed E-state index contributed by atoms with van der Waals surface area (Å²) in [5.41, 5.74) is 1.11. The van der Waals surface area contributed by atoms with Crippen LogP contribution < -0.4 is 4.74 Å². The zero-order valence-corrected chi connectivity index (χ0v) is 11.2. The van der Waals surface area contributed by atoms with E-state index in [9.17, 15) is 4.79 Å². The number of rotatable bonds is 8. The molecular formula is C15H22O3. The molecule has 0 aliphatic carbocycles. The van der Waals surface area contributed by atoms with Gasteiger partial charge in [0.25, 0.3) is 0 Å². The Labute approximate surface area is 109 Å². The summed E-state index contributed by atoms with van der Waals surface area (Å²) in [5.74, 6) is 0.161. The standard InChI is InChI=1S/C15H22O3/c1-3-4-5-8-12(2)13-9-6-7-10-14(13)18-11-15(16)17/h6-7,9-10,12H,3-5,8,11H2,1-2H3,(H,16,17). The number of aliphatic carboxylic acids is 1. The first kappa shape index (κ1) is 14.6. The summed E-state index contributed by atoms with van der Waals surface area (Å²) < 4.78 is 5.33. The SMILES string of the molecule is CCCCCC(C)c1ccccc1OCC(=O)O. The maximum Gasteiger partial charge on any atom is 0.341 e. The molecule has 1 rings (SSSR count). The Kier molecular flexibility index (Phi) is 6.26. The molecule has 1 aromatic rings. The molecule has 0 spiro atoms. The molecule has 18 heavy (non-hydrogen) atoms. The van der Waals surface area contributed by atoms with Gasteiger partial charge in [0, 0.05) is 0 Å². The Morgan fingerprint density at radius 2 is 2.06 bits per heavy atom. The van der Waals surface area contributed by atoms with Crippen molar-refractivity contribution in [3.05, 3.63) is 29.8 Å². The minimum absolute atomic E-state index is 0.279. The number of para-hydroxylation sites is 1. The summed E-state index contributed by atoms with van der Waals surface area (Å²) in [6.07, 6.45) is 4.76. The van der Waals surface area contributed by atoms with Crippen molar-refractivity contribution >= 4 is 5.97 Å². The number of carbonyl (C=O) groups is 1. The van der Waals surface area contributed by atoms with Crippen LogP contribution in [0.25, 0.3) is 0 Å². The summed E-state index contributed by atoms with van der Waals surface area (Å²) in [5, 5.41) is 8.65. The third-order valence-corrected chi connectivity index (χ3v) is 3.04. The topological polar surface area (TPSA) is 46.5 Å². The lowest BCUT2D eigenvalue weighted by Gasteiger charge is -2.16. The number of hydrogen-bond acceptors (Lipinski definition) is 2. The quantitative estimate of drug-likeness (QED) is 0.713. The first-order valence-electron chi connectivity index (χ1n) is 6.58. The second kappa shape index (κ2) is 7.75. The molecule has 0 heterocycles. The largest absolute Gasteiger partial charge is 0.482 e. The number of carboxylic acid groups (broad SMARTS) is 1. The molecule has 100 valence electrons. The van der Waals surface area contributed by atoms with E-state index >= 15 is 0 Å². The minimum Gasteiger partial charge on any atom is -0.482 e. The Hall–Kier alpha value is -1.51. The van der Waals surface area contributed by atoms with Gasteiger partial charge in [-0.2, -0.15) is 0 Å². The third-order valence-electron chi connectivity index (χ3n) is 3.04. The van der Waals surface area contributed by atoms with Crippen LogP contribution in [0, 0.1) is 0 Å². The van der Waals surface area contributed by atoms with Crippen molar-refractivity contribution in [2.75, 3.05) is 6.61 Å². The number of unbranched alkanes of at least 4 members (excludes halogenated alkanes) is 2. The van der Waals surface area contributed by atoms with Crippen LogP contribution in [0.2, 0.25) is 0 Å². The second-order valence-electron chi connectivity index (χ2n) is 4.62. The second-order valence-corrected chi connectivity index (χ2v) is 4.62. The lowest BCUT2D eigenvalue weighted by molar-refractivity contribution is -0.139. The van der Waals surface area contributed by atoms with Crippen molar-refractivity contribution < 1.29 is 14.6 Å². The van der Waals surface area contributed by atoms with E-state index < -0.39 is 5.97 Å². The van der Waals surface area contributed by atoms with Crippen LogP contribution in [0.1, 0.15) is 51.0 Å². The fourth-order valence-electron chi connectivity index (χ4n) is 2.01. The average Bonchev–Trinajstić information content (AvgIpc) is 2.37. The van der Waals surface area contributed by atoms with Crippen LogP contribution in [0.3, 0.4) is 0 Å². The monoisotopic (exact) mass is 250 g/mol. The summed E-state index contributed by atoms with van der Waals surface area (Å²) >= 11 is 0. The molecule has 0 saturated carbocycles. The molecule has 0 aliphatic heterocycles. The maximum atomic E-state index is 10.5. The fraction of sp³-hybridized carbons (Fsp3) is 0.533. The van der Waals surface area contributed by atoms with Crippen molar-refractivity contribution in [2.45, 2.75) is 45.4 Å². The van der Waals surface area contributed by atoms with Gasteiger partial charge in [-0.05, 0) is 24.0 Å². The molecule has 1 unspecified atom stereocenters. The van der Waals surface area contributed by atoms with Gasteiger partial charge in [0.2, 0.25) is 0 Å². The van der Waals surface area contributed by atoms with Crippen molar-refractivity contribution in [1.82, 2.24) is 0 Å². The first-order valence-corrected chi connectivity index (χ1v) is 6.58. The van der Waals surface area contributed by atoms with Crippen LogP contribution in [0.15, 0.2) is 24.3 Å². The van der Waals surface area contributed by atoms with Crippen molar-refractivity contribution in [1.29, 1.82) is 0 Å². The molecule has 3 nitrogen and oxygen atoms in total. The summed E-state index contributed by atoms with van der Waals surface area (Å²) in [4.78, 5) is 10.5. The summed E-state index contributed by atoms with van der Waals surface area (Å²) in [6, 6.07) is 7.71. The van der Waals surface area contributed by atoms with Gasteiger partial charge >= 0.3 is 5.97 Å². The molecule has 0 radical (unpaired) electrons. The van der Waals surface area contributed by atoms with Crippen LogP contribution >= 0.6 is 0 Å². The highest BCUT2D eigenvalue weighted by Crippen LogP contribution is 2.29. The van der Waals surface area contributed by atoms with Crippen LogP contribution in [0.5, 0.6) is 5.75 Å². The van der Waals surface area contributed by atoms with Gasteiger partial charge in [-0.3, -0.25) is 0 Å². The van der Waals surface area contributed by atoms with E-state index in [4.69, 9.17) is 9.84 Å². The highest BCUT2D eigenvalue weighted by atomic mass is 16.5. The Morgan fingerprint density at radius 3 is 2.72 bits per heavy atom. The molecular weight excluding hydrogens is 228 g/mol. The molecule has 0 saturated heterocycles. The molecule has 1 N–H and O–H groups in total. The third kappa shape index (κ3) is 4.78. The molecule has 0 bridgehead atoms. The number of benzene rings is 1. The van der Waals surface area contributed by atoms with Crippen molar-refractivity contribution in [3.63, 3.8) is 0 Å². The Balaban J connectivity index is 2.65. The molecule has 0 aliphatic rings. The van der Waals surface area contributed by atoms with Gasteiger partial charge in [-0.15, -0.1) is 0 Å². The number of ether oxygens (including phenoxy) is 1. The number of carboxylic acids is 1. The molecule has 0 aromatic heterocycles. The van der Waals surface area contributed by atoms with Crippen molar-refractivity contribution in [3.8, 4) is 5.75 Å². The average molecular weight is 250 g/mol. The molecule has 1 atom stereocenters. The predicted octanol–water partition coefficient (Wildman–Crippen LogP) is 3.83. The minimum atomic E-state index is -0.941. The fourth-order valence-corrected chi connectivity index (χ4v) is 2.01. The maximum absolute atomic E-state index is 10.5. The molecule has 0 fully saturated rings. The predicted molar refractivity (Wildman–Crippen MR) is 72.1 cm³/mol. The van der Waals surface area contributed by atoms with E-state index in [0.29, 0.717) is 11.7 Å². The zero-order chi connectivity index (χ0) is 13.4. The number of hydrogen-bond donors (Lipinski definition) is 1. The van der Waals surface area contributed by atoms with Gasteiger partial charge in [0.15, 0.2) is 6.61 Å². The normalized spacial score (nSPS) is 12.1. The van der Waals surface area contributed by atoms with Crippen LogP contribution in [0.4, 0.5) is 0 Å². The van der Waals surface area contributed by atoms with Gasteiger partial charge < -0.3 is 9.84 Å². The summed E-state index contributed by atoms with van der Waals surface area (Å²) in [7, 11) is 0. The van der Waals surface area contributed by atoms with Crippen LogP contribution in [-0.4, -0.2) is 17.7 Å². The van der Waals surface area contributed by atoms with Crippen molar-refractivity contribution in [2.24, 2.45) is 0 Å². The van der Waals surface area contributed by atoms with Gasteiger partial charge in [0.05, 0.1) is 0 Å². The van der Waals surface area contributed by atoms with E-state index in [1.165, 1.54) is 19.3 Å². The lowest BCUT2D eigenvalue weighted by Crippen LogP contribution is -2.11. The smallest absolute Gasteiger partial charge is 0.341 e. The van der Waals surface area contributed by atoms with E-state index in [1.54, 1.807) is 0 Å². The summed E-state index contributed by atoms with van der Waals surface area (Å²) in [6.45, 7) is 4.08. The van der Waals surface area contributed by atoms with E-state index in [0.717, 1.165) is 12.0 Å². The van der Waals surface area contributed by atoms with E-state index in [1.807, 2.05) is 24.3 Å². The zero-order valence-electron chi connectivity index (χ0n) is 11.2. The Bertz CT molecular complexity index is 374. The van der Waals surface area contributed by atoms with E-state index in [-0.39, 0.29) is 6.61 Å².